The van der Waals surface area contributed by atoms with Gasteiger partial charge in [0.1, 0.15) is 5.82 Å². The van der Waals surface area contributed by atoms with Crippen molar-refractivity contribution in [2.75, 3.05) is 25.5 Å². The van der Waals surface area contributed by atoms with Crippen LogP contribution in [0.5, 0.6) is 0 Å². The summed E-state index contributed by atoms with van der Waals surface area (Å²) in [7, 11) is 1.80. The molecule has 0 aromatic carbocycles. The minimum atomic E-state index is -0.357. The van der Waals surface area contributed by atoms with Gasteiger partial charge in [-0.15, -0.1) is 0 Å². The highest BCUT2D eigenvalue weighted by molar-refractivity contribution is 5.95. The van der Waals surface area contributed by atoms with Crippen LogP contribution in [0.15, 0.2) is 12.1 Å². The maximum atomic E-state index is 12.5. The van der Waals surface area contributed by atoms with E-state index >= 15 is 0 Å². The Morgan fingerprint density at radius 3 is 2.90 bits per heavy atom. The molecule has 2 atom stereocenters. The summed E-state index contributed by atoms with van der Waals surface area (Å²) in [5.74, 6) is 0.941. The van der Waals surface area contributed by atoms with Gasteiger partial charge in [-0.1, -0.05) is 6.92 Å². The van der Waals surface area contributed by atoms with E-state index in [4.69, 9.17) is 0 Å². The van der Waals surface area contributed by atoms with Gasteiger partial charge in [0.25, 0.3) is 5.91 Å². The summed E-state index contributed by atoms with van der Waals surface area (Å²) in [6, 6.07) is 3.65. The van der Waals surface area contributed by atoms with E-state index in [0.29, 0.717) is 18.7 Å². The standard InChI is InChI=1S/C15H23N3O2/c1-4-13-7-12(8-14(16-3)17-13)15(20)18-6-5-11(9-18)10(2)19/h7-8,10-11,19H,4-6,9H2,1-3H3,(H,16,17). The molecule has 1 fully saturated rings. The summed E-state index contributed by atoms with van der Waals surface area (Å²) >= 11 is 0. The van der Waals surface area contributed by atoms with Crippen LogP contribution in [0.2, 0.25) is 0 Å². The van der Waals surface area contributed by atoms with E-state index in [0.717, 1.165) is 24.4 Å². The fraction of sp³-hybridized carbons (Fsp3) is 0.600. The number of nitrogens with zero attached hydrogens (tertiary/aromatic N) is 2. The van der Waals surface area contributed by atoms with Gasteiger partial charge in [0.15, 0.2) is 0 Å². The molecule has 2 N–H and O–H groups in total. The number of aliphatic hydroxyl groups excluding tert-OH is 1. The Hall–Kier alpha value is -1.62. The van der Waals surface area contributed by atoms with Gasteiger partial charge in [-0.3, -0.25) is 4.79 Å². The highest BCUT2D eigenvalue weighted by Gasteiger charge is 2.29. The second kappa shape index (κ2) is 6.22. The second-order valence-electron chi connectivity index (χ2n) is 5.38. The summed E-state index contributed by atoms with van der Waals surface area (Å²) in [4.78, 5) is 18.8. The first-order valence-corrected chi connectivity index (χ1v) is 7.21. The lowest BCUT2D eigenvalue weighted by Gasteiger charge is -2.18. The van der Waals surface area contributed by atoms with E-state index in [2.05, 4.69) is 10.3 Å². The molecular weight excluding hydrogens is 254 g/mol. The zero-order chi connectivity index (χ0) is 14.7. The van der Waals surface area contributed by atoms with Crippen molar-refractivity contribution in [2.24, 2.45) is 5.92 Å². The SMILES string of the molecule is CCc1cc(C(=O)N2CCC(C(C)O)C2)cc(NC)n1. The molecule has 1 aliphatic heterocycles. The molecule has 0 radical (unpaired) electrons. The van der Waals surface area contributed by atoms with E-state index in [1.807, 2.05) is 17.9 Å². The molecule has 2 heterocycles. The van der Waals surface area contributed by atoms with Gasteiger partial charge < -0.3 is 15.3 Å². The first kappa shape index (κ1) is 14.8. The van der Waals surface area contributed by atoms with Crippen molar-refractivity contribution in [1.29, 1.82) is 0 Å². The van der Waals surface area contributed by atoms with Crippen molar-refractivity contribution < 1.29 is 9.90 Å². The highest BCUT2D eigenvalue weighted by atomic mass is 16.3. The van der Waals surface area contributed by atoms with E-state index in [1.54, 1.807) is 20.0 Å². The van der Waals surface area contributed by atoms with Gasteiger partial charge in [-0.25, -0.2) is 4.98 Å². The van der Waals surface area contributed by atoms with Gasteiger partial charge >= 0.3 is 0 Å². The number of carbonyl (C=O) groups excluding carboxylic acids is 1. The predicted octanol–water partition coefficient (Wildman–Crippen LogP) is 1.53. The van der Waals surface area contributed by atoms with Crippen LogP contribution in [-0.2, 0) is 6.42 Å². The van der Waals surface area contributed by atoms with Crippen molar-refractivity contribution in [1.82, 2.24) is 9.88 Å². The molecule has 20 heavy (non-hydrogen) atoms. The van der Waals surface area contributed by atoms with E-state index < -0.39 is 0 Å². The Morgan fingerprint density at radius 1 is 1.60 bits per heavy atom. The molecule has 0 bridgehead atoms. The Bertz CT molecular complexity index is 466. The number of aliphatic hydroxyl groups is 1. The Kier molecular flexibility index (Phi) is 4.60. The molecule has 1 aliphatic rings. The fourth-order valence-electron chi connectivity index (χ4n) is 2.57. The van der Waals surface area contributed by atoms with Gasteiger partial charge in [0, 0.05) is 37.3 Å². The highest BCUT2D eigenvalue weighted by Crippen LogP contribution is 2.22. The number of amides is 1. The molecule has 5 heteroatoms. The maximum Gasteiger partial charge on any atom is 0.254 e. The molecule has 1 aromatic heterocycles. The molecule has 110 valence electrons. The van der Waals surface area contributed by atoms with Crippen LogP contribution in [0.25, 0.3) is 0 Å². The number of aryl methyl sites for hydroxylation is 1. The summed E-state index contributed by atoms with van der Waals surface area (Å²) < 4.78 is 0. The fourth-order valence-corrected chi connectivity index (χ4v) is 2.57. The van der Waals surface area contributed by atoms with E-state index in [1.165, 1.54) is 0 Å². The third-order valence-electron chi connectivity index (χ3n) is 3.94. The smallest absolute Gasteiger partial charge is 0.254 e. The van der Waals surface area contributed by atoms with Crippen molar-refractivity contribution in [3.05, 3.63) is 23.4 Å². The van der Waals surface area contributed by atoms with Crippen LogP contribution in [-0.4, -0.2) is 47.1 Å². The zero-order valence-corrected chi connectivity index (χ0v) is 12.4. The summed E-state index contributed by atoms with van der Waals surface area (Å²) in [6.45, 7) is 5.16. The van der Waals surface area contributed by atoms with Gasteiger partial charge in [-0.2, -0.15) is 0 Å². The number of aromatic nitrogens is 1. The number of carbonyl (C=O) groups is 1. The van der Waals surface area contributed by atoms with Crippen molar-refractivity contribution in [2.45, 2.75) is 32.8 Å². The third-order valence-corrected chi connectivity index (χ3v) is 3.94. The van der Waals surface area contributed by atoms with Gasteiger partial charge in [-0.05, 0) is 31.9 Å². The van der Waals surface area contributed by atoms with Crippen LogP contribution in [0, 0.1) is 5.92 Å². The van der Waals surface area contributed by atoms with Crippen LogP contribution < -0.4 is 5.32 Å². The number of pyridine rings is 1. The minimum absolute atomic E-state index is 0.0294. The summed E-state index contributed by atoms with van der Waals surface area (Å²) in [6.07, 6.45) is 1.31. The van der Waals surface area contributed by atoms with Crippen molar-refractivity contribution >= 4 is 11.7 Å². The number of hydrogen-bond donors (Lipinski definition) is 2. The lowest BCUT2D eigenvalue weighted by Crippen LogP contribution is -2.30. The number of anilines is 1. The predicted molar refractivity (Wildman–Crippen MR) is 78.9 cm³/mol. The largest absolute Gasteiger partial charge is 0.393 e. The monoisotopic (exact) mass is 277 g/mol. The summed E-state index contributed by atoms with van der Waals surface area (Å²) in [5.41, 5.74) is 1.58. The Labute approximate surface area is 120 Å². The normalized spacial score (nSPS) is 20.0. The molecule has 2 rings (SSSR count). The van der Waals surface area contributed by atoms with Gasteiger partial charge in [0.2, 0.25) is 0 Å². The molecule has 2 unspecified atom stereocenters. The first-order chi connectivity index (χ1) is 9.55. The quantitative estimate of drug-likeness (QED) is 0.876. The number of likely N-dealkylation sites (tertiary alicyclic amines) is 1. The first-order valence-electron chi connectivity index (χ1n) is 7.21. The van der Waals surface area contributed by atoms with Crippen LogP contribution in [0.4, 0.5) is 5.82 Å². The lowest BCUT2D eigenvalue weighted by molar-refractivity contribution is 0.0762. The van der Waals surface area contributed by atoms with Crippen molar-refractivity contribution in [3.63, 3.8) is 0 Å². The molecule has 1 aromatic rings. The average Bonchev–Trinajstić information content (AvgIpc) is 2.95. The number of nitrogens with one attached hydrogen (secondary N) is 1. The van der Waals surface area contributed by atoms with Crippen LogP contribution >= 0.6 is 0 Å². The van der Waals surface area contributed by atoms with Gasteiger partial charge in [0.05, 0.1) is 6.10 Å². The summed E-state index contributed by atoms with van der Waals surface area (Å²) in [5, 5.41) is 12.6. The third kappa shape index (κ3) is 3.10. The van der Waals surface area contributed by atoms with Crippen molar-refractivity contribution in [3.8, 4) is 0 Å². The molecule has 1 amide bonds. The molecule has 0 spiro atoms. The van der Waals surface area contributed by atoms with Crippen LogP contribution in [0.3, 0.4) is 0 Å². The molecule has 5 nitrogen and oxygen atoms in total. The van der Waals surface area contributed by atoms with E-state index in [-0.39, 0.29) is 17.9 Å². The lowest BCUT2D eigenvalue weighted by atomic mass is 10.0. The molecule has 0 aliphatic carbocycles. The zero-order valence-electron chi connectivity index (χ0n) is 12.4. The minimum Gasteiger partial charge on any atom is -0.393 e. The number of hydrogen-bond acceptors (Lipinski definition) is 4. The molecule has 0 saturated carbocycles. The number of rotatable bonds is 4. The average molecular weight is 277 g/mol. The topological polar surface area (TPSA) is 65.5 Å². The Morgan fingerprint density at radius 2 is 2.35 bits per heavy atom. The van der Waals surface area contributed by atoms with E-state index in [9.17, 15) is 9.90 Å². The Balaban J connectivity index is 2.17. The second-order valence-corrected chi connectivity index (χ2v) is 5.38. The maximum absolute atomic E-state index is 12.5. The molecule has 1 saturated heterocycles. The molecular formula is C15H23N3O2. The van der Waals surface area contributed by atoms with Crippen LogP contribution in [0.1, 0.15) is 36.3 Å².